The summed E-state index contributed by atoms with van der Waals surface area (Å²) in [7, 11) is 0. The van der Waals surface area contributed by atoms with Gasteiger partial charge in [-0.15, -0.1) is 0 Å². The first-order valence-corrected chi connectivity index (χ1v) is 8.18. The molecule has 0 bridgehead atoms. The van der Waals surface area contributed by atoms with Crippen molar-refractivity contribution in [2.24, 2.45) is 11.8 Å². The van der Waals surface area contributed by atoms with Gasteiger partial charge >= 0.3 is 0 Å². The summed E-state index contributed by atoms with van der Waals surface area (Å²) >= 11 is 0. The van der Waals surface area contributed by atoms with E-state index >= 15 is 0 Å². The van der Waals surface area contributed by atoms with E-state index < -0.39 is 0 Å². The average molecular weight is 269 g/mol. The molecule has 2 aliphatic rings. The fraction of sp³-hybridized carbons (Fsp3) is 1.00. The molecule has 0 spiro atoms. The lowest BCUT2D eigenvalue weighted by Gasteiger charge is -2.28. The Balaban J connectivity index is 1.57. The van der Waals surface area contributed by atoms with E-state index in [2.05, 4.69) is 19.2 Å². The van der Waals surface area contributed by atoms with Crippen molar-refractivity contribution in [3.8, 4) is 0 Å². The van der Waals surface area contributed by atoms with Gasteiger partial charge in [0.25, 0.3) is 0 Å². The van der Waals surface area contributed by atoms with Crippen LogP contribution in [0.4, 0.5) is 0 Å². The second-order valence-electron chi connectivity index (χ2n) is 6.80. The van der Waals surface area contributed by atoms with E-state index in [1.165, 1.54) is 44.9 Å². The molecule has 2 N–H and O–H groups in total. The van der Waals surface area contributed by atoms with Crippen LogP contribution in [-0.4, -0.2) is 36.5 Å². The fourth-order valence-electron chi connectivity index (χ4n) is 3.57. The Kier molecular flexibility index (Phi) is 6.11. The summed E-state index contributed by atoms with van der Waals surface area (Å²) < 4.78 is 5.87. The molecule has 2 fully saturated rings. The quantitative estimate of drug-likeness (QED) is 0.779. The third-order valence-electron chi connectivity index (χ3n) is 4.89. The van der Waals surface area contributed by atoms with Crippen molar-refractivity contribution in [3.05, 3.63) is 0 Å². The molecule has 3 nitrogen and oxygen atoms in total. The SMILES string of the molecule is CC1CCCC(OCC(O)CNC2CCCC2C)C1. The third kappa shape index (κ3) is 5.05. The zero-order valence-electron chi connectivity index (χ0n) is 12.6. The van der Waals surface area contributed by atoms with Crippen molar-refractivity contribution in [3.63, 3.8) is 0 Å². The van der Waals surface area contributed by atoms with Crippen molar-refractivity contribution in [1.29, 1.82) is 0 Å². The van der Waals surface area contributed by atoms with E-state index in [-0.39, 0.29) is 6.10 Å². The summed E-state index contributed by atoms with van der Waals surface area (Å²) in [5.74, 6) is 1.54. The Hall–Kier alpha value is -0.120. The molecule has 0 radical (unpaired) electrons. The van der Waals surface area contributed by atoms with Crippen LogP contribution in [0.25, 0.3) is 0 Å². The summed E-state index contributed by atoms with van der Waals surface area (Å²) in [6.07, 6.45) is 8.88. The van der Waals surface area contributed by atoms with Gasteiger partial charge in [-0.3, -0.25) is 0 Å². The first-order valence-electron chi connectivity index (χ1n) is 8.18. The Bertz CT molecular complexity index is 259. The van der Waals surface area contributed by atoms with Gasteiger partial charge in [0, 0.05) is 12.6 Å². The second kappa shape index (κ2) is 7.61. The number of hydrogen-bond acceptors (Lipinski definition) is 3. The normalized spacial score (nSPS) is 37.4. The summed E-state index contributed by atoms with van der Waals surface area (Å²) in [5.41, 5.74) is 0. The first kappa shape index (κ1) is 15.3. The lowest BCUT2D eigenvalue weighted by Crippen LogP contribution is -2.39. The molecule has 5 unspecified atom stereocenters. The van der Waals surface area contributed by atoms with Gasteiger partial charge in [0.05, 0.1) is 18.8 Å². The van der Waals surface area contributed by atoms with E-state index in [0.29, 0.717) is 25.3 Å². The maximum atomic E-state index is 10.0. The minimum atomic E-state index is -0.356. The fourth-order valence-corrected chi connectivity index (χ4v) is 3.57. The second-order valence-corrected chi connectivity index (χ2v) is 6.80. The molecular weight excluding hydrogens is 238 g/mol. The minimum Gasteiger partial charge on any atom is -0.389 e. The third-order valence-corrected chi connectivity index (χ3v) is 4.89. The molecule has 0 amide bonds. The van der Waals surface area contributed by atoms with E-state index in [1.54, 1.807) is 0 Å². The van der Waals surface area contributed by atoms with Crippen LogP contribution in [0, 0.1) is 11.8 Å². The number of aliphatic hydroxyl groups excluding tert-OH is 1. The molecule has 0 aromatic heterocycles. The van der Waals surface area contributed by atoms with Crippen LogP contribution in [0.15, 0.2) is 0 Å². The molecule has 2 saturated carbocycles. The van der Waals surface area contributed by atoms with Crippen LogP contribution < -0.4 is 5.32 Å². The monoisotopic (exact) mass is 269 g/mol. The zero-order chi connectivity index (χ0) is 13.7. The molecule has 0 heterocycles. The van der Waals surface area contributed by atoms with Gasteiger partial charge in [-0.1, -0.05) is 33.1 Å². The van der Waals surface area contributed by atoms with Crippen LogP contribution in [0.2, 0.25) is 0 Å². The van der Waals surface area contributed by atoms with E-state index in [4.69, 9.17) is 4.74 Å². The van der Waals surface area contributed by atoms with E-state index in [9.17, 15) is 5.11 Å². The van der Waals surface area contributed by atoms with Gasteiger partial charge in [-0.05, 0) is 37.5 Å². The molecule has 2 aliphatic carbocycles. The highest BCUT2D eigenvalue weighted by molar-refractivity contribution is 4.81. The van der Waals surface area contributed by atoms with Gasteiger partial charge in [0.1, 0.15) is 0 Å². The smallest absolute Gasteiger partial charge is 0.0897 e. The number of hydrogen-bond donors (Lipinski definition) is 2. The van der Waals surface area contributed by atoms with Crippen molar-refractivity contribution in [2.45, 2.75) is 77.0 Å². The molecule has 2 rings (SSSR count). The van der Waals surface area contributed by atoms with Gasteiger partial charge in [-0.25, -0.2) is 0 Å². The highest BCUT2D eigenvalue weighted by Crippen LogP contribution is 2.26. The average Bonchev–Trinajstić information content (AvgIpc) is 2.80. The van der Waals surface area contributed by atoms with Crippen molar-refractivity contribution < 1.29 is 9.84 Å². The van der Waals surface area contributed by atoms with Gasteiger partial charge in [-0.2, -0.15) is 0 Å². The van der Waals surface area contributed by atoms with Gasteiger partial charge in [0.15, 0.2) is 0 Å². The maximum Gasteiger partial charge on any atom is 0.0897 e. The Morgan fingerprint density at radius 2 is 1.95 bits per heavy atom. The number of aliphatic hydroxyl groups is 1. The molecule has 0 aliphatic heterocycles. The predicted octanol–water partition coefficient (Wildman–Crippen LogP) is 2.72. The van der Waals surface area contributed by atoms with Crippen molar-refractivity contribution >= 4 is 0 Å². The standard InChI is InChI=1S/C16H31NO2/c1-12-5-3-7-15(9-12)19-11-14(18)10-17-16-8-4-6-13(16)2/h12-18H,3-11H2,1-2H3. The summed E-state index contributed by atoms with van der Waals surface area (Å²) in [6.45, 7) is 5.77. The largest absolute Gasteiger partial charge is 0.389 e. The molecule has 0 aromatic rings. The highest BCUT2D eigenvalue weighted by atomic mass is 16.5. The first-order chi connectivity index (χ1) is 9.15. The Morgan fingerprint density at radius 3 is 2.63 bits per heavy atom. The van der Waals surface area contributed by atoms with Crippen LogP contribution in [0.5, 0.6) is 0 Å². The number of ether oxygens (including phenoxy) is 1. The number of nitrogens with one attached hydrogen (secondary N) is 1. The van der Waals surface area contributed by atoms with Gasteiger partial charge < -0.3 is 15.2 Å². The van der Waals surface area contributed by atoms with Crippen LogP contribution in [-0.2, 0) is 4.74 Å². The molecule has 0 saturated heterocycles. The summed E-state index contributed by atoms with van der Waals surface area (Å²) in [4.78, 5) is 0. The predicted molar refractivity (Wildman–Crippen MR) is 78.2 cm³/mol. The highest BCUT2D eigenvalue weighted by Gasteiger charge is 2.24. The molecule has 112 valence electrons. The zero-order valence-corrected chi connectivity index (χ0v) is 12.6. The van der Waals surface area contributed by atoms with Crippen molar-refractivity contribution in [2.75, 3.05) is 13.2 Å². The Labute approximate surface area is 118 Å². The molecular formula is C16H31NO2. The van der Waals surface area contributed by atoms with Crippen LogP contribution >= 0.6 is 0 Å². The lowest BCUT2D eigenvalue weighted by molar-refractivity contribution is -0.0313. The van der Waals surface area contributed by atoms with Crippen LogP contribution in [0.3, 0.4) is 0 Å². The maximum absolute atomic E-state index is 10.0. The molecule has 5 atom stereocenters. The Morgan fingerprint density at radius 1 is 1.16 bits per heavy atom. The van der Waals surface area contributed by atoms with E-state index in [0.717, 1.165) is 11.8 Å². The lowest BCUT2D eigenvalue weighted by atomic mass is 9.89. The topological polar surface area (TPSA) is 41.5 Å². The molecule has 3 heteroatoms. The summed E-state index contributed by atoms with van der Waals surface area (Å²) in [5, 5.41) is 13.5. The van der Waals surface area contributed by atoms with E-state index in [1.807, 2.05) is 0 Å². The molecule has 0 aromatic carbocycles. The van der Waals surface area contributed by atoms with Gasteiger partial charge in [0.2, 0.25) is 0 Å². The molecule has 19 heavy (non-hydrogen) atoms. The minimum absolute atomic E-state index is 0.356. The number of rotatable bonds is 6. The van der Waals surface area contributed by atoms with Crippen molar-refractivity contribution in [1.82, 2.24) is 5.32 Å². The van der Waals surface area contributed by atoms with Crippen LogP contribution in [0.1, 0.15) is 58.8 Å². The summed E-state index contributed by atoms with van der Waals surface area (Å²) in [6, 6.07) is 0.601.